The number of nitrogens with two attached hydrogens (primary N) is 1. The molecule has 2 N–H and O–H groups in total. The lowest BCUT2D eigenvalue weighted by molar-refractivity contribution is 0.0784. The summed E-state index contributed by atoms with van der Waals surface area (Å²) >= 11 is 3.14. The van der Waals surface area contributed by atoms with Gasteiger partial charge in [0.25, 0.3) is 5.91 Å². The van der Waals surface area contributed by atoms with Crippen molar-refractivity contribution in [3.05, 3.63) is 63.6 Å². The minimum Gasteiger partial charge on any atom is -0.396 e. The van der Waals surface area contributed by atoms with Crippen molar-refractivity contribution in [2.75, 3.05) is 12.8 Å². The summed E-state index contributed by atoms with van der Waals surface area (Å²) < 4.78 is 26.8. The van der Waals surface area contributed by atoms with E-state index < -0.39 is 5.82 Å². The molecule has 0 heterocycles. The average molecular weight is 355 g/mol. The standard InChI is InChI=1S/C15H13BrF2N2O/c1-20(8-9-3-2-4-10(17)5-9)15(21)11-6-14(19)13(18)7-12(11)16/h2-7H,8,19H2,1H3. The zero-order valence-corrected chi connectivity index (χ0v) is 12.8. The summed E-state index contributed by atoms with van der Waals surface area (Å²) in [7, 11) is 1.58. The molecular formula is C15H13BrF2N2O. The minimum atomic E-state index is -0.591. The van der Waals surface area contributed by atoms with Crippen molar-refractivity contribution < 1.29 is 13.6 Å². The van der Waals surface area contributed by atoms with Crippen LogP contribution >= 0.6 is 15.9 Å². The molecule has 3 nitrogen and oxygen atoms in total. The number of benzene rings is 2. The Bertz CT molecular complexity index is 691. The van der Waals surface area contributed by atoms with E-state index in [1.165, 1.54) is 23.1 Å². The SMILES string of the molecule is CN(Cc1cccc(F)c1)C(=O)c1cc(N)c(F)cc1Br. The van der Waals surface area contributed by atoms with E-state index in [9.17, 15) is 13.6 Å². The average Bonchev–Trinajstić information content (AvgIpc) is 2.42. The second-order valence-corrected chi connectivity index (χ2v) is 5.50. The fourth-order valence-electron chi connectivity index (χ4n) is 1.92. The van der Waals surface area contributed by atoms with Gasteiger partial charge in [-0.1, -0.05) is 12.1 Å². The fourth-order valence-corrected chi connectivity index (χ4v) is 2.40. The fraction of sp³-hybridized carbons (Fsp3) is 0.133. The molecule has 0 spiro atoms. The van der Waals surface area contributed by atoms with Crippen molar-refractivity contribution in [2.45, 2.75) is 6.54 Å². The molecule has 2 aromatic carbocycles. The van der Waals surface area contributed by atoms with Crippen LogP contribution in [-0.2, 0) is 6.54 Å². The minimum absolute atomic E-state index is 0.0966. The van der Waals surface area contributed by atoms with Crippen LogP contribution in [0.1, 0.15) is 15.9 Å². The number of nitrogens with zero attached hydrogens (tertiary/aromatic N) is 1. The smallest absolute Gasteiger partial charge is 0.255 e. The van der Waals surface area contributed by atoms with Crippen molar-refractivity contribution in [3.63, 3.8) is 0 Å². The van der Waals surface area contributed by atoms with Gasteiger partial charge in [0, 0.05) is 18.1 Å². The second kappa shape index (κ2) is 6.22. The van der Waals surface area contributed by atoms with E-state index in [4.69, 9.17) is 5.73 Å². The van der Waals surface area contributed by atoms with Gasteiger partial charge in [-0.05, 0) is 45.8 Å². The Kier molecular flexibility index (Phi) is 4.57. The van der Waals surface area contributed by atoms with Gasteiger partial charge < -0.3 is 10.6 Å². The topological polar surface area (TPSA) is 46.3 Å². The van der Waals surface area contributed by atoms with Crippen molar-refractivity contribution in [1.29, 1.82) is 0 Å². The maximum Gasteiger partial charge on any atom is 0.255 e. The first-order chi connectivity index (χ1) is 9.88. The zero-order valence-electron chi connectivity index (χ0n) is 11.2. The lowest BCUT2D eigenvalue weighted by atomic mass is 10.1. The third-order valence-electron chi connectivity index (χ3n) is 2.97. The quantitative estimate of drug-likeness (QED) is 0.856. The summed E-state index contributed by atoms with van der Waals surface area (Å²) in [6, 6.07) is 8.43. The van der Waals surface area contributed by atoms with Gasteiger partial charge in [-0.3, -0.25) is 4.79 Å². The van der Waals surface area contributed by atoms with E-state index >= 15 is 0 Å². The van der Waals surface area contributed by atoms with Crippen LogP contribution in [0.2, 0.25) is 0 Å². The maximum atomic E-state index is 13.3. The highest BCUT2D eigenvalue weighted by Gasteiger charge is 2.17. The molecule has 0 aliphatic carbocycles. The Morgan fingerprint density at radius 3 is 2.67 bits per heavy atom. The highest BCUT2D eigenvalue weighted by atomic mass is 79.9. The predicted octanol–water partition coefficient (Wildman–Crippen LogP) is 3.58. The van der Waals surface area contributed by atoms with E-state index in [1.807, 2.05) is 0 Å². The molecule has 0 fully saturated rings. The lowest BCUT2D eigenvalue weighted by Crippen LogP contribution is -2.26. The summed E-state index contributed by atoms with van der Waals surface area (Å²) in [5, 5.41) is 0. The van der Waals surface area contributed by atoms with Gasteiger partial charge in [-0.15, -0.1) is 0 Å². The Morgan fingerprint density at radius 1 is 1.29 bits per heavy atom. The van der Waals surface area contributed by atoms with Crippen molar-refractivity contribution >= 4 is 27.5 Å². The Morgan fingerprint density at radius 2 is 2.00 bits per heavy atom. The lowest BCUT2D eigenvalue weighted by Gasteiger charge is -2.18. The highest BCUT2D eigenvalue weighted by Crippen LogP contribution is 2.24. The number of hydrogen-bond donors (Lipinski definition) is 1. The Hall–Kier alpha value is -1.95. The number of hydrogen-bond acceptors (Lipinski definition) is 2. The van der Waals surface area contributed by atoms with E-state index in [-0.39, 0.29) is 29.5 Å². The van der Waals surface area contributed by atoms with E-state index in [2.05, 4.69) is 15.9 Å². The molecule has 0 aliphatic rings. The number of anilines is 1. The number of amides is 1. The molecule has 2 rings (SSSR count). The predicted molar refractivity (Wildman–Crippen MR) is 80.7 cm³/mol. The molecule has 0 saturated carbocycles. The number of carbonyl (C=O) groups excluding carboxylic acids is 1. The van der Waals surface area contributed by atoms with Gasteiger partial charge >= 0.3 is 0 Å². The van der Waals surface area contributed by atoms with E-state index in [0.29, 0.717) is 10.0 Å². The molecule has 110 valence electrons. The number of nitrogen functional groups attached to an aromatic ring is 1. The van der Waals surface area contributed by atoms with Gasteiger partial charge in [0.05, 0.1) is 11.3 Å². The van der Waals surface area contributed by atoms with Crippen molar-refractivity contribution in [1.82, 2.24) is 4.90 Å². The molecule has 0 unspecified atom stereocenters. The van der Waals surface area contributed by atoms with Crippen molar-refractivity contribution in [3.8, 4) is 0 Å². The molecule has 0 aromatic heterocycles. The first-order valence-corrected chi connectivity index (χ1v) is 6.92. The van der Waals surface area contributed by atoms with Gasteiger partial charge in [0.2, 0.25) is 0 Å². The van der Waals surface area contributed by atoms with E-state index in [0.717, 1.165) is 6.07 Å². The summed E-state index contributed by atoms with van der Waals surface area (Å²) in [6.45, 7) is 0.236. The van der Waals surface area contributed by atoms with Crippen LogP contribution in [0.4, 0.5) is 14.5 Å². The third kappa shape index (κ3) is 3.58. The van der Waals surface area contributed by atoms with Crippen LogP contribution in [-0.4, -0.2) is 17.9 Å². The normalized spacial score (nSPS) is 10.5. The molecule has 1 amide bonds. The molecule has 0 radical (unpaired) electrons. The first kappa shape index (κ1) is 15.4. The largest absolute Gasteiger partial charge is 0.396 e. The van der Waals surface area contributed by atoms with E-state index in [1.54, 1.807) is 19.2 Å². The molecular weight excluding hydrogens is 342 g/mol. The van der Waals surface area contributed by atoms with Gasteiger partial charge in [0.15, 0.2) is 0 Å². The molecule has 6 heteroatoms. The van der Waals surface area contributed by atoms with Crippen LogP contribution in [0.3, 0.4) is 0 Å². The first-order valence-electron chi connectivity index (χ1n) is 6.13. The Labute approximate surface area is 129 Å². The third-order valence-corrected chi connectivity index (χ3v) is 3.63. The summed E-state index contributed by atoms with van der Waals surface area (Å²) in [6.07, 6.45) is 0. The van der Waals surface area contributed by atoms with Crippen molar-refractivity contribution in [2.24, 2.45) is 0 Å². The number of halogens is 3. The van der Waals surface area contributed by atoms with Gasteiger partial charge in [-0.25, -0.2) is 8.78 Å². The molecule has 0 atom stereocenters. The number of carbonyl (C=O) groups is 1. The second-order valence-electron chi connectivity index (χ2n) is 4.64. The van der Waals surface area contributed by atoms with Crippen LogP contribution in [0, 0.1) is 11.6 Å². The molecule has 0 aliphatic heterocycles. The van der Waals surface area contributed by atoms with Gasteiger partial charge in [-0.2, -0.15) is 0 Å². The van der Waals surface area contributed by atoms with Crippen LogP contribution in [0.5, 0.6) is 0 Å². The molecule has 21 heavy (non-hydrogen) atoms. The number of rotatable bonds is 3. The maximum absolute atomic E-state index is 13.3. The summed E-state index contributed by atoms with van der Waals surface area (Å²) in [5.41, 5.74) is 6.31. The van der Waals surface area contributed by atoms with Crippen LogP contribution in [0.15, 0.2) is 40.9 Å². The van der Waals surface area contributed by atoms with Crippen LogP contribution in [0.25, 0.3) is 0 Å². The Balaban J connectivity index is 2.22. The molecule has 0 saturated heterocycles. The zero-order chi connectivity index (χ0) is 15.6. The monoisotopic (exact) mass is 354 g/mol. The van der Waals surface area contributed by atoms with Gasteiger partial charge in [0.1, 0.15) is 11.6 Å². The highest BCUT2D eigenvalue weighted by molar-refractivity contribution is 9.10. The van der Waals surface area contributed by atoms with Crippen LogP contribution < -0.4 is 5.73 Å². The molecule has 0 bridgehead atoms. The summed E-state index contributed by atoms with van der Waals surface area (Å²) in [5.74, 6) is -1.29. The summed E-state index contributed by atoms with van der Waals surface area (Å²) in [4.78, 5) is 13.8. The molecule has 2 aromatic rings.